The number of amides is 2. The Bertz CT molecular complexity index is 1430. The molecule has 0 bridgehead atoms. The number of rotatable bonds is 8. The van der Waals surface area contributed by atoms with Gasteiger partial charge in [-0.15, -0.1) is 0 Å². The largest absolute Gasteiger partial charge is 0.456 e. The van der Waals surface area contributed by atoms with Crippen LogP contribution >= 0.6 is 0 Å². The summed E-state index contributed by atoms with van der Waals surface area (Å²) in [6.45, 7) is -0.502. The topological polar surface area (TPSA) is 80.8 Å². The lowest BCUT2D eigenvalue weighted by molar-refractivity contribution is -0.147. The van der Waals surface area contributed by atoms with Gasteiger partial charge in [0.2, 0.25) is 0 Å². The van der Waals surface area contributed by atoms with E-state index in [9.17, 15) is 19.2 Å². The van der Waals surface area contributed by atoms with Gasteiger partial charge in [0, 0.05) is 12.0 Å². The summed E-state index contributed by atoms with van der Waals surface area (Å²) < 4.78 is 5.38. The van der Waals surface area contributed by atoms with E-state index in [1.54, 1.807) is 48.5 Å². The number of hydrogen-bond acceptors (Lipinski definition) is 5. The maximum Gasteiger partial charge on any atom is 0.330 e. The molecular formula is C31H23NO5. The molecule has 182 valence electrons. The van der Waals surface area contributed by atoms with Gasteiger partial charge in [0.25, 0.3) is 11.8 Å². The first-order valence-electron chi connectivity index (χ1n) is 11.9. The third-order valence-electron chi connectivity index (χ3n) is 6.34. The van der Waals surface area contributed by atoms with E-state index in [1.165, 1.54) is 0 Å². The lowest BCUT2D eigenvalue weighted by Crippen LogP contribution is -2.47. The fraction of sp³-hybridized carbons (Fsp3) is 0.0968. The van der Waals surface area contributed by atoms with Crippen LogP contribution in [-0.2, 0) is 16.0 Å². The number of fused-ring (bicyclic) bond motifs is 1. The van der Waals surface area contributed by atoms with Crippen LogP contribution in [0.4, 0.5) is 0 Å². The van der Waals surface area contributed by atoms with Gasteiger partial charge in [-0.25, -0.2) is 4.79 Å². The van der Waals surface area contributed by atoms with Gasteiger partial charge < -0.3 is 4.74 Å². The number of ether oxygens (including phenoxy) is 1. The highest BCUT2D eigenvalue weighted by atomic mass is 16.5. The van der Waals surface area contributed by atoms with Crippen molar-refractivity contribution in [3.05, 3.63) is 131 Å². The van der Waals surface area contributed by atoms with Crippen molar-refractivity contribution in [1.29, 1.82) is 0 Å². The monoisotopic (exact) mass is 489 g/mol. The van der Waals surface area contributed by atoms with Crippen molar-refractivity contribution in [3.63, 3.8) is 0 Å². The number of esters is 1. The van der Waals surface area contributed by atoms with Gasteiger partial charge in [-0.3, -0.25) is 19.3 Å². The van der Waals surface area contributed by atoms with Crippen molar-refractivity contribution in [2.75, 3.05) is 6.61 Å². The zero-order chi connectivity index (χ0) is 25.8. The zero-order valence-electron chi connectivity index (χ0n) is 19.9. The number of carbonyl (C=O) groups is 4. The minimum atomic E-state index is -1.21. The highest BCUT2D eigenvalue weighted by molar-refractivity contribution is 6.22. The molecule has 0 aromatic heterocycles. The number of carbonyl (C=O) groups excluding carboxylic acids is 4. The Labute approximate surface area is 214 Å². The number of ketones is 1. The minimum Gasteiger partial charge on any atom is -0.456 e. The molecule has 0 N–H and O–H groups in total. The third-order valence-corrected chi connectivity index (χ3v) is 6.34. The van der Waals surface area contributed by atoms with Crippen LogP contribution in [0.3, 0.4) is 0 Å². The molecule has 6 nitrogen and oxygen atoms in total. The molecule has 0 saturated heterocycles. The summed E-state index contributed by atoms with van der Waals surface area (Å²) in [5.41, 5.74) is 3.62. The molecule has 5 rings (SSSR count). The van der Waals surface area contributed by atoms with Crippen molar-refractivity contribution in [2.45, 2.75) is 12.5 Å². The van der Waals surface area contributed by atoms with Crippen LogP contribution in [-0.4, -0.2) is 41.1 Å². The number of Topliss-reactive ketones (excluding diaryl/α,β-unsaturated/α-hetero) is 1. The fourth-order valence-electron chi connectivity index (χ4n) is 4.40. The number of nitrogens with zero attached hydrogens (tertiary/aromatic N) is 1. The first kappa shape index (κ1) is 23.9. The molecule has 1 aliphatic heterocycles. The molecule has 0 unspecified atom stereocenters. The average molecular weight is 490 g/mol. The summed E-state index contributed by atoms with van der Waals surface area (Å²) in [6.07, 6.45) is 0.0745. The normalized spacial score (nSPS) is 13.2. The van der Waals surface area contributed by atoms with Gasteiger partial charge in [0.15, 0.2) is 12.4 Å². The van der Waals surface area contributed by atoms with Gasteiger partial charge >= 0.3 is 5.97 Å². The summed E-state index contributed by atoms with van der Waals surface area (Å²) >= 11 is 0. The molecule has 1 aliphatic rings. The molecule has 0 aliphatic carbocycles. The molecule has 0 spiro atoms. The maximum absolute atomic E-state index is 13.2. The van der Waals surface area contributed by atoms with E-state index in [2.05, 4.69) is 0 Å². The highest BCUT2D eigenvalue weighted by Crippen LogP contribution is 2.27. The van der Waals surface area contributed by atoms with Gasteiger partial charge in [-0.1, -0.05) is 97.1 Å². The molecule has 4 aromatic rings. The standard InChI is InChI=1S/C31H23NO5/c33-28(24-17-15-23(16-18-24)22-11-5-2-6-12-22)20-37-31(36)27(19-21-9-3-1-4-10-21)32-29(34)25-13-7-8-14-26(25)30(32)35/h1-18,27H,19-20H2/t27-/m1/s1. The lowest BCUT2D eigenvalue weighted by Gasteiger charge is -2.24. The minimum absolute atomic E-state index is 0.0745. The van der Waals surface area contributed by atoms with E-state index in [4.69, 9.17) is 4.74 Å². The molecule has 2 amide bonds. The second kappa shape index (κ2) is 10.4. The zero-order valence-corrected chi connectivity index (χ0v) is 19.9. The van der Waals surface area contributed by atoms with Gasteiger partial charge in [-0.2, -0.15) is 0 Å². The summed E-state index contributed by atoms with van der Waals surface area (Å²) in [7, 11) is 0. The predicted molar refractivity (Wildman–Crippen MR) is 138 cm³/mol. The second-order valence-electron chi connectivity index (χ2n) is 8.71. The first-order chi connectivity index (χ1) is 18.0. The second-order valence-corrected chi connectivity index (χ2v) is 8.71. The molecule has 4 aromatic carbocycles. The van der Waals surface area contributed by atoms with Gasteiger partial charge in [-0.05, 0) is 28.8 Å². The smallest absolute Gasteiger partial charge is 0.330 e. The number of hydrogen-bond donors (Lipinski definition) is 0. The van der Waals surface area contributed by atoms with Crippen LogP contribution in [0.25, 0.3) is 11.1 Å². The first-order valence-corrected chi connectivity index (χ1v) is 11.9. The predicted octanol–water partition coefficient (Wildman–Crippen LogP) is 4.99. The van der Waals surface area contributed by atoms with Gasteiger partial charge in [0.1, 0.15) is 6.04 Å². The van der Waals surface area contributed by atoms with Crippen molar-refractivity contribution < 1.29 is 23.9 Å². The Hall–Kier alpha value is -4.84. The molecule has 0 fully saturated rings. The number of imide groups is 1. The van der Waals surface area contributed by atoms with Crippen LogP contribution in [0.1, 0.15) is 36.6 Å². The van der Waals surface area contributed by atoms with Crippen LogP contribution in [0.15, 0.2) is 109 Å². The van der Waals surface area contributed by atoms with Crippen molar-refractivity contribution in [2.24, 2.45) is 0 Å². The van der Waals surface area contributed by atoms with E-state index >= 15 is 0 Å². The van der Waals surface area contributed by atoms with Crippen LogP contribution in [0.5, 0.6) is 0 Å². The van der Waals surface area contributed by atoms with Crippen LogP contribution in [0, 0.1) is 0 Å². The van der Waals surface area contributed by atoms with Crippen molar-refractivity contribution in [1.82, 2.24) is 4.90 Å². The third kappa shape index (κ3) is 4.95. The SMILES string of the molecule is O=C(COC(=O)[C@@H](Cc1ccccc1)N1C(=O)c2ccccc2C1=O)c1ccc(-c2ccccc2)cc1. The molecule has 1 atom stereocenters. The van der Waals surface area contributed by atoms with E-state index in [1.807, 2.05) is 60.7 Å². The Balaban J connectivity index is 1.32. The molecule has 6 heteroatoms. The summed E-state index contributed by atoms with van der Waals surface area (Å²) in [6, 6.07) is 31.1. The van der Waals surface area contributed by atoms with Crippen LogP contribution < -0.4 is 0 Å². The maximum atomic E-state index is 13.2. The Morgan fingerprint density at radius 1 is 0.649 bits per heavy atom. The molecule has 1 heterocycles. The average Bonchev–Trinajstić information content (AvgIpc) is 3.20. The Morgan fingerprint density at radius 2 is 1.16 bits per heavy atom. The van der Waals surface area contributed by atoms with Gasteiger partial charge in [0.05, 0.1) is 11.1 Å². The van der Waals surface area contributed by atoms with E-state index in [-0.39, 0.29) is 23.3 Å². The summed E-state index contributed by atoms with van der Waals surface area (Å²) in [5.74, 6) is -2.30. The quantitative estimate of drug-likeness (QED) is 0.198. The van der Waals surface area contributed by atoms with Crippen molar-refractivity contribution >= 4 is 23.6 Å². The highest BCUT2D eigenvalue weighted by Gasteiger charge is 2.43. The summed E-state index contributed by atoms with van der Waals surface area (Å²) in [4.78, 5) is 53.1. The Kier molecular flexibility index (Phi) is 6.72. The molecular weight excluding hydrogens is 466 g/mol. The molecule has 0 radical (unpaired) electrons. The van der Waals surface area contributed by atoms with E-state index < -0.39 is 30.4 Å². The summed E-state index contributed by atoms with van der Waals surface area (Å²) in [5, 5.41) is 0. The van der Waals surface area contributed by atoms with Crippen molar-refractivity contribution in [3.8, 4) is 11.1 Å². The molecule has 0 saturated carbocycles. The number of benzene rings is 4. The fourth-order valence-corrected chi connectivity index (χ4v) is 4.40. The van der Waals surface area contributed by atoms with E-state index in [0.717, 1.165) is 21.6 Å². The lowest BCUT2D eigenvalue weighted by atomic mass is 10.0. The molecule has 37 heavy (non-hydrogen) atoms. The van der Waals surface area contributed by atoms with E-state index in [0.29, 0.717) is 5.56 Å². The Morgan fingerprint density at radius 3 is 1.76 bits per heavy atom. The van der Waals surface area contributed by atoms with Crippen LogP contribution in [0.2, 0.25) is 0 Å².